The van der Waals surface area contributed by atoms with Gasteiger partial charge < -0.3 is 0 Å². The molecular formula is C13H12N2. The predicted octanol–water partition coefficient (Wildman–Crippen LogP) is 2.66. The van der Waals surface area contributed by atoms with Crippen LogP contribution in [0.1, 0.15) is 22.5 Å². The average molecular weight is 196 g/mol. The van der Waals surface area contributed by atoms with Crippen LogP contribution in [0.2, 0.25) is 0 Å². The van der Waals surface area contributed by atoms with Crippen molar-refractivity contribution in [2.45, 2.75) is 20.3 Å². The molecule has 0 atom stereocenters. The molecule has 2 heterocycles. The minimum Gasteiger partial charge on any atom is -0.261 e. The molecule has 1 aliphatic rings. The number of hydrogen-bond donors (Lipinski definition) is 0. The largest absolute Gasteiger partial charge is 0.261 e. The third kappa shape index (κ3) is 1.11. The second kappa shape index (κ2) is 2.89. The normalized spacial score (nSPS) is 12.4. The van der Waals surface area contributed by atoms with Crippen molar-refractivity contribution in [2.75, 3.05) is 0 Å². The van der Waals surface area contributed by atoms with Crippen molar-refractivity contribution < 1.29 is 0 Å². The first kappa shape index (κ1) is 8.60. The maximum absolute atomic E-state index is 4.42. The maximum Gasteiger partial charge on any atom is 0.0526 e. The topological polar surface area (TPSA) is 25.8 Å². The standard InChI is InChI=1S/C13H12N2/c1-8-9(2)15-7-12-10-4-3-5-14-13(10)6-11(8)12/h3-5,7H,6H2,1-2H3. The molecule has 2 nitrogen and oxygen atoms in total. The molecule has 3 rings (SSSR count). The summed E-state index contributed by atoms with van der Waals surface area (Å²) < 4.78 is 0. The van der Waals surface area contributed by atoms with Crippen LogP contribution in [0.25, 0.3) is 11.1 Å². The Bertz CT molecular complexity index is 544. The molecule has 2 aromatic heterocycles. The van der Waals surface area contributed by atoms with Gasteiger partial charge in [-0.25, -0.2) is 0 Å². The van der Waals surface area contributed by atoms with Gasteiger partial charge in [0.05, 0.1) is 5.69 Å². The molecule has 0 unspecified atom stereocenters. The van der Waals surface area contributed by atoms with E-state index in [-0.39, 0.29) is 0 Å². The van der Waals surface area contributed by atoms with Crippen molar-refractivity contribution in [3.05, 3.63) is 47.0 Å². The van der Waals surface area contributed by atoms with Crippen LogP contribution < -0.4 is 0 Å². The molecule has 1 aliphatic carbocycles. The summed E-state index contributed by atoms with van der Waals surface area (Å²) in [5, 5.41) is 0. The molecule has 74 valence electrons. The summed E-state index contributed by atoms with van der Waals surface area (Å²) >= 11 is 0. The monoisotopic (exact) mass is 196 g/mol. The Morgan fingerprint density at radius 3 is 2.87 bits per heavy atom. The van der Waals surface area contributed by atoms with Crippen LogP contribution in [0, 0.1) is 13.8 Å². The van der Waals surface area contributed by atoms with Crippen molar-refractivity contribution in [1.29, 1.82) is 0 Å². The highest BCUT2D eigenvalue weighted by Crippen LogP contribution is 2.36. The van der Waals surface area contributed by atoms with Crippen molar-refractivity contribution in [2.24, 2.45) is 0 Å². The third-order valence-electron chi connectivity index (χ3n) is 3.23. The minimum atomic E-state index is 0.959. The molecule has 0 bridgehead atoms. The number of fused-ring (bicyclic) bond motifs is 3. The van der Waals surface area contributed by atoms with Gasteiger partial charge in [0.15, 0.2) is 0 Å². The first-order valence-corrected chi connectivity index (χ1v) is 5.16. The van der Waals surface area contributed by atoms with Gasteiger partial charge in [-0.1, -0.05) is 6.07 Å². The van der Waals surface area contributed by atoms with Crippen LogP contribution in [0.15, 0.2) is 24.5 Å². The molecule has 0 spiro atoms. The summed E-state index contributed by atoms with van der Waals surface area (Å²) in [6, 6.07) is 4.12. The Labute approximate surface area is 89.0 Å². The second-order valence-electron chi connectivity index (χ2n) is 4.04. The van der Waals surface area contributed by atoms with Crippen molar-refractivity contribution >= 4 is 0 Å². The fourth-order valence-electron chi connectivity index (χ4n) is 2.21. The van der Waals surface area contributed by atoms with Gasteiger partial charge in [0.25, 0.3) is 0 Å². The highest BCUT2D eigenvalue weighted by Gasteiger charge is 2.21. The van der Waals surface area contributed by atoms with Gasteiger partial charge in [-0.3, -0.25) is 9.97 Å². The molecule has 0 fully saturated rings. The molecule has 0 aromatic carbocycles. The summed E-state index contributed by atoms with van der Waals surface area (Å²) in [6.07, 6.45) is 4.80. The lowest BCUT2D eigenvalue weighted by atomic mass is 10.0. The van der Waals surface area contributed by atoms with Crippen LogP contribution >= 0.6 is 0 Å². The maximum atomic E-state index is 4.42. The van der Waals surface area contributed by atoms with Crippen LogP contribution in [-0.4, -0.2) is 9.97 Å². The Kier molecular flexibility index (Phi) is 1.66. The first-order valence-electron chi connectivity index (χ1n) is 5.16. The Morgan fingerprint density at radius 1 is 1.13 bits per heavy atom. The Morgan fingerprint density at radius 2 is 2.00 bits per heavy atom. The molecule has 2 aromatic rings. The zero-order chi connectivity index (χ0) is 10.4. The first-order chi connectivity index (χ1) is 7.27. The predicted molar refractivity (Wildman–Crippen MR) is 59.7 cm³/mol. The lowest BCUT2D eigenvalue weighted by molar-refractivity contribution is 1.07. The van der Waals surface area contributed by atoms with E-state index in [1.165, 1.54) is 27.9 Å². The number of rotatable bonds is 0. The van der Waals surface area contributed by atoms with Crippen LogP contribution in [-0.2, 0) is 6.42 Å². The van der Waals surface area contributed by atoms with Crippen LogP contribution in [0.3, 0.4) is 0 Å². The SMILES string of the molecule is Cc1ncc2c(c1C)Cc1ncccc1-2. The molecule has 0 amide bonds. The van der Waals surface area contributed by atoms with E-state index in [2.05, 4.69) is 29.9 Å². The molecule has 2 heteroatoms. The zero-order valence-corrected chi connectivity index (χ0v) is 8.91. The van der Waals surface area contributed by atoms with E-state index in [4.69, 9.17) is 0 Å². The lowest BCUT2D eigenvalue weighted by Gasteiger charge is -2.05. The zero-order valence-electron chi connectivity index (χ0n) is 8.91. The van der Waals surface area contributed by atoms with Crippen LogP contribution in [0.4, 0.5) is 0 Å². The summed E-state index contributed by atoms with van der Waals surface area (Å²) in [6.45, 7) is 4.21. The van der Waals surface area contributed by atoms with E-state index in [0.29, 0.717) is 0 Å². The van der Waals surface area contributed by atoms with E-state index in [1.54, 1.807) is 0 Å². The number of nitrogens with zero attached hydrogens (tertiary/aromatic N) is 2. The number of aryl methyl sites for hydroxylation is 1. The van der Waals surface area contributed by atoms with E-state index >= 15 is 0 Å². The number of hydrogen-bond acceptors (Lipinski definition) is 2. The van der Waals surface area contributed by atoms with Gasteiger partial charge in [0, 0.05) is 35.6 Å². The van der Waals surface area contributed by atoms with E-state index < -0.39 is 0 Å². The molecule has 0 radical (unpaired) electrons. The minimum absolute atomic E-state index is 0.959. The summed E-state index contributed by atoms with van der Waals surface area (Å²) in [7, 11) is 0. The van der Waals surface area contributed by atoms with Gasteiger partial charge in [-0.15, -0.1) is 0 Å². The van der Waals surface area contributed by atoms with Crippen molar-refractivity contribution in [3.63, 3.8) is 0 Å². The molecule has 0 saturated carbocycles. The Hall–Kier alpha value is -1.70. The van der Waals surface area contributed by atoms with Crippen molar-refractivity contribution in [3.8, 4) is 11.1 Å². The molecule has 0 N–H and O–H groups in total. The highest BCUT2D eigenvalue weighted by atomic mass is 14.7. The van der Waals surface area contributed by atoms with E-state index in [0.717, 1.165) is 12.1 Å². The quantitative estimate of drug-likeness (QED) is 0.552. The van der Waals surface area contributed by atoms with Gasteiger partial charge in [0.2, 0.25) is 0 Å². The van der Waals surface area contributed by atoms with Crippen molar-refractivity contribution in [1.82, 2.24) is 9.97 Å². The Balaban J connectivity index is 2.31. The highest BCUT2D eigenvalue weighted by molar-refractivity contribution is 5.75. The molecular weight excluding hydrogens is 184 g/mol. The summed E-state index contributed by atoms with van der Waals surface area (Å²) in [5.74, 6) is 0. The number of pyridine rings is 2. The van der Waals surface area contributed by atoms with Gasteiger partial charge in [-0.2, -0.15) is 0 Å². The summed E-state index contributed by atoms with van der Waals surface area (Å²) in [4.78, 5) is 8.84. The van der Waals surface area contributed by atoms with E-state index in [9.17, 15) is 0 Å². The van der Waals surface area contributed by atoms with Gasteiger partial charge >= 0.3 is 0 Å². The average Bonchev–Trinajstić information content (AvgIpc) is 2.63. The summed E-state index contributed by atoms with van der Waals surface area (Å²) in [5.41, 5.74) is 7.54. The van der Waals surface area contributed by atoms with E-state index in [1.807, 2.05) is 18.5 Å². The lowest BCUT2D eigenvalue weighted by Crippen LogP contribution is -1.93. The second-order valence-corrected chi connectivity index (χ2v) is 4.04. The molecule has 0 saturated heterocycles. The van der Waals surface area contributed by atoms with Gasteiger partial charge in [-0.05, 0) is 31.0 Å². The fraction of sp³-hybridized carbons (Fsp3) is 0.231. The van der Waals surface area contributed by atoms with Gasteiger partial charge in [0.1, 0.15) is 0 Å². The van der Waals surface area contributed by atoms with Crippen LogP contribution in [0.5, 0.6) is 0 Å². The smallest absolute Gasteiger partial charge is 0.0526 e. The third-order valence-corrected chi connectivity index (χ3v) is 3.23. The number of aromatic nitrogens is 2. The molecule has 0 aliphatic heterocycles. The fourth-order valence-corrected chi connectivity index (χ4v) is 2.21. The molecule has 15 heavy (non-hydrogen) atoms.